The van der Waals surface area contributed by atoms with Gasteiger partial charge in [0.25, 0.3) is 0 Å². The Morgan fingerprint density at radius 3 is 2.87 bits per heavy atom. The van der Waals surface area contributed by atoms with Crippen molar-refractivity contribution in [1.29, 1.82) is 0 Å². The van der Waals surface area contributed by atoms with E-state index in [0.717, 1.165) is 45.1 Å². The second-order valence-electron chi connectivity index (χ2n) is 7.37. The Morgan fingerprint density at radius 1 is 1.17 bits per heavy atom. The molecule has 0 saturated carbocycles. The van der Waals surface area contributed by atoms with Crippen LogP contribution in [0.15, 0.2) is 54.7 Å². The molecule has 1 aliphatic rings. The van der Waals surface area contributed by atoms with E-state index in [1.54, 1.807) is 16.0 Å². The Kier molecular flexibility index (Phi) is 4.96. The molecule has 0 fully saturated rings. The quantitative estimate of drug-likeness (QED) is 0.441. The molecule has 30 heavy (non-hydrogen) atoms. The number of anilines is 1. The summed E-state index contributed by atoms with van der Waals surface area (Å²) in [5.74, 6) is 1.40. The van der Waals surface area contributed by atoms with Crippen molar-refractivity contribution < 1.29 is 9.53 Å². The van der Waals surface area contributed by atoms with Crippen LogP contribution in [-0.2, 0) is 4.79 Å². The van der Waals surface area contributed by atoms with Gasteiger partial charge in [-0.25, -0.2) is 4.98 Å². The van der Waals surface area contributed by atoms with E-state index in [0.29, 0.717) is 18.8 Å². The largest absolute Gasteiger partial charge is 0.493 e. The van der Waals surface area contributed by atoms with Crippen LogP contribution in [0.25, 0.3) is 15.3 Å². The molecule has 1 amide bonds. The van der Waals surface area contributed by atoms with Gasteiger partial charge in [-0.1, -0.05) is 55.0 Å². The van der Waals surface area contributed by atoms with E-state index in [1.165, 1.54) is 0 Å². The minimum Gasteiger partial charge on any atom is -0.493 e. The number of unbranched alkanes of at least 4 members (excludes halogenated alkanes) is 1. The first-order valence-corrected chi connectivity index (χ1v) is 11.0. The van der Waals surface area contributed by atoms with Crippen LogP contribution in [0.3, 0.4) is 0 Å². The number of carbonyl (C=O) groups is 1. The molecule has 0 spiro atoms. The minimum atomic E-state index is -0.102. The van der Waals surface area contributed by atoms with Gasteiger partial charge in [0.15, 0.2) is 0 Å². The summed E-state index contributed by atoms with van der Waals surface area (Å²) in [6, 6.07) is 16.0. The Morgan fingerprint density at radius 2 is 2.00 bits per heavy atom. The summed E-state index contributed by atoms with van der Waals surface area (Å²) in [6.45, 7) is 2.81. The van der Waals surface area contributed by atoms with E-state index in [2.05, 4.69) is 17.3 Å². The summed E-state index contributed by atoms with van der Waals surface area (Å²) in [5.41, 5.74) is 2.93. The lowest BCUT2D eigenvalue weighted by Gasteiger charge is -2.25. The summed E-state index contributed by atoms with van der Waals surface area (Å²) >= 11 is 1.56. The minimum absolute atomic E-state index is 0.0290. The lowest BCUT2D eigenvalue weighted by molar-refractivity contribution is -0.116. The summed E-state index contributed by atoms with van der Waals surface area (Å²) < 4.78 is 8.87. The van der Waals surface area contributed by atoms with Gasteiger partial charge in [0.05, 0.1) is 23.0 Å². The number of amides is 1. The fraction of sp³-hybridized carbons (Fsp3) is 0.261. The van der Waals surface area contributed by atoms with E-state index in [-0.39, 0.29) is 11.8 Å². The summed E-state index contributed by atoms with van der Waals surface area (Å²) in [6.07, 6.45) is 4.29. The maximum atomic E-state index is 12.6. The van der Waals surface area contributed by atoms with Crippen molar-refractivity contribution in [3.63, 3.8) is 0 Å². The van der Waals surface area contributed by atoms with Crippen LogP contribution in [-0.4, -0.2) is 27.3 Å². The van der Waals surface area contributed by atoms with Crippen LogP contribution in [0.5, 0.6) is 5.75 Å². The molecule has 1 atom stereocenters. The molecule has 1 aliphatic heterocycles. The number of hydrogen-bond donors (Lipinski definition) is 1. The molecule has 2 aromatic carbocycles. The van der Waals surface area contributed by atoms with Crippen molar-refractivity contribution in [2.24, 2.45) is 0 Å². The first kappa shape index (κ1) is 18.8. The summed E-state index contributed by atoms with van der Waals surface area (Å²) in [4.78, 5) is 17.3. The van der Waals surface area contributed by atoms with Gasteiger partial charge in [0, 0.05) is 23.5 Å². The number of nitrogens with zero attached hydrogens (tertiary/aromatic N) is 3. The van der Waals surface area contributed by atoms with Gasteiger partial charge in [-0.2, -0.15) is 9.78 Å². The molecular formula is C23H22N4O2S. The fourth-order valence-corrected chi connectivity index (χ4v) is 4.75. The number of rotatable bonds is 6. The van der Waals surface area contributed by atoms with E-state index < -0.39 is 0 Å². The zero-order valence-corrected chi connectivity index (χ0v) is 17.5. The molecule has 0 radical (unpaired) electrons. The number of aromatic nitrogens is 3. The zero-order valence-electron chi connectivity index (χ0n) is 16.7. The van der Waals surface area contributed by atoms with Gasteiger partial charge in [-0.05, 0) is 24.6 Å². The third-order valence-corrected chi connectivity index (χ3v) is 6.35. The molecule has 0 aliphatic carbocycles. The molecule has 3 heterocycles. The Labute approximate surface area is 178 Å². The highest BCUT2D eigenvalue weighted by Crippen LogP contribution is 2.42. The third-order valence-electron chi connectivity index (χ3n) is 5.33. The number of ether oxygens (including phenoxy) is 1. The normalized spacial score (nSPS) is 15.8. The molecule has 2 aromatic heterocycles. The molecule has 0 unspecified atom stereocenters. The number of thiazole rings is 1. The predicted octanol–water partition coefficient (Wildman–Crippen LogP) is 5.14. The average Bonchev–Trinajstić information content (AvgIpc) is 3.37. The van der Waals surface area contributed by atoms with Crippen LogP contribution in [0, 0.1) is 0 Å². The molecule has 4 aromatic rings. The number of para-hydroxylation sites is 2. The van der Waals surface area contributed by atoms with E-state index in [9.17, 15) is 4.79 Å². The monoisotopic (exact) mass is 418 g/mol. The highest BCUT2D eigenvalue weighted by molar-refractivity contribution is 7.20. The lowest BCUT2D eigenvalue weighted by atomic mass is 9.87. The van der Waals surface area contributed by atoms with Gasteiger partial charge in [0.1, 0.15) is 11.6 Å². The maximum Gasteiger partial charge on any atom is 0.226 e. The SMILES string of the molecule is CCCCOc1ccccc1[C@H]1CC(=O)Nc2c1cnn2-c1nc2ccccc2s1. The maximum absolute atomic E-state index is 12.6. The second-order valence-corrected chi connectivity index (χ2v) is 8.38. The zero-order chi connectivity index (χ0) is 20.5. The number of benzene rings is 2. The van der Waals surface area contributed by atoms with Crippen LogP contribution >= 0.6 is 11.3 Å². The first-order chi connectivity index (χ1) is 14.7. The van der Waals surface area contributed by atoms with Crippen molar-refractivity contribution in [1.82, 2.24) is 14.8 Å². The van der Waals surface area contributed by atoms with Crippen LogP contribution < -0.4 is 10.1 Å². The van der Waals surface area contributed by atoms with Crippen molar-refractivity contribution >= 4 is 33.3 Å². The lowest BCUT2D eigenvalue weighted by Crippen LogP contribution is -2.25. The number of carbonyl (C=O) groups excluding carboxylic acids is 1. The summed E-state index contributed by atoms with van der Waals surface area (Å²) in [7, 11) is 0. The first-order valence-electron chi connectivity index (χ1n) is 10.2. The molecule has 0 bridgehead atoms. The highest BCUT2D eigenvalue weighted by Gasteiger charge is 2.32. The Bertz CT molecular complexity index is 1180. The molecule has 5 rings (SSSR count). The van der Waals surface area contributed by atoms with E-state index in [4.69, 9.17) is 9.72 Å². The van der Waals surface area contributed by atoms with Gasteiger partial charge in [-0.15, -0.1) is 0 Å². The van der Waals surface area contributed by atoms with Gasteiger partial charge in [-0.3, -0.25) is 4.79 Å². The van der Waals surface area contributed by atoms with Gasteiger partial charge < -0.3 is 10.1 Å². The van der Waals surface area contributed by atoms with Crippen molar-refractivity contribution in [3.8, 4) is 10.9 Å². The summed E-state index contributed by atoms with van der Waals surface area (Å²) in [5, 5.41) is 8.34. The van der Waals surface area contributed by atoms with Crippen LogP contribution in [0.1, 0.15) is 43.2 Å². The number of hydrogen-bond acceptors (Lipinski definition) is 5. The highest BCUT2D eigenvalue weighted by atomic mass is 32.1. The molecule has 0 saturated heterocycles. The van der Waals surface area contributed by atoms with Crippen molar-refractivity contribution in [3.05, 3.63) is 65.9 Å². The standard InChI is InChI=1S/C23H22N4O2S/c1-2-3-12-29-19-10-6-4-8-15(19)16-13-21(28)26-22-17(16)14-24-27(22)23-25-18-9-5-7-11-20(18)30-23/h4-11,14,16H,2-3,12-13H2,1H3,(H,26,28)/t16-/m1/s1. The topological polar surface area (TPSA) is 69.0 Å². The third kappa shape index (κ3) is 3.35. The van der Waals surface area contributed by atoms with Gasteiger partial charge in [0.2, 0.25) is 11.0 Å². The van der Waals surface area contributed by atoms with E-state index in [1.807, 2.05) is 54.7 Å². The average molecular weight is 419 g/mol. The Balaban J connectivity index is 1.55. The second kappa shape index (κ2) is 7.91. The molecule has 1 N–H and O–H groups in total. The fourth-order valence-electron chi connectivity index (χ4n) is 3.82. The van der Waals surface area contributed by atoms with Crippen LogP contribution in [0.2, 0.25) is 0 Å². The van der Waals surface area contributed by atoms with Gasteiger partial charge >= 0.3 is 0 Å². The van der Waals surface area contributed by atoms with Crippen molar-refractivity contribution in [2.45, 2.75) is 32.1 Å². The predicted molar refractivity (Wildman–Crippen MR) is 119 cm³/mol. The Hall–Kier alpha value is -3.19. The van der Waals surface area contributed by atoms with Crippen molar-refractivity contribution in [2.75, 3.05) is 11.9 Å². The smallest absolute Gasteiger partial charge is 0.226 e. The molecule has 7 heteroatoms. The molecular weight excluding hydrogens is 396 g/mol. The number of nitrogens with one attached hydrogen (secondary N) is 1. The number of fused-ring (bicyclic) bond motifs is 2. The van der Waals surface area contributed by atoms with E-state index >= 15 is 0 Å². The molecule has 152 valence electrons. The van der Waals surface area contributed by atoms with Crippen LogP contribution in [0.4, 0.5) is 5.82 Å². The molecule has 6 nitrogen and oxygen atoms in total.